The van der Waals surface area contributed by atoms with Crippen LogP contribution in [0.5, 0.6) is 0 Å². The number of hydrogen-bond donors (Lipinski definition) is 0. The highest BCUT2D eigenvalue weighted by molar-refractivity contribution is 5.95. The molecule has 134 valence electrons. The first-order valence-electron chi connectivity index (χ1n) is 9.44. The molecule has 0 spiro atoms. The smallest absolute Gasteiger partial charge is 0.254 e. The van der Waals surface area contributed by atoms with Crippen LogP contribution >= 0.6 is 0 Å². The molecule has 4 rings (SSSR count). The summed E-state index contributed by atoms with van der Waals surface area (Å²) in [5.41, 5.74) is 1.46. The van der Waals surface area contributed by atoms with E-state index < -0.39 is 0 Å². The zero-order chi connectivity index (χ0) is 17.9. The molecule has 0 aromatic heterocycles. The number of likely N-dealkylation sites (tertiary alicyclic amines) is 2. The van der Waals surface area contributed by atoms with Gasteiger partial charge in [-0.1, -0.05) is 36.4 Å². The third-order valence-electron chi connectivity index (χ3n) is 5.69. The Morgan fingerprint density at radius 1 is 0.769 bits per heavy atom. The molecule has 2 heterocycles. The van der Waals surface area contributed by atoms with Crippen LogP contribution in [0.15, 0.2) is 60.7 Å². The zero-order valence-electron chi connectivity index (χ0n) is 14.9. The number of nitrogens with zero attached hydrogens (tertiary/aromatic N) is 2. The SMILES string of the molecule is O=C(c1ccccc1)N1CCC2CCCN(C(=O)c3ccccc3)C2C1. The van der Waals surface area contributed by atoms with Gasteiger partial charge in [-0.25, -0.2) is 0 Å². The predicted molar refractivity (Wildman–Crippen MR) is 101 cm³/mol. The van der Waals surface area contributed by atoms with E-state index in [1.165, 1.54) is 0 Å². The van der Waals surface area contributed by atoms with Crippen molar-refractivity contribution in [2.75, 3.05) is 19.6 Å². The van der Waals surface area contributed by atoms with Crippen LogP contribution in [0.4, 0.5) is 0 Å². The van der Waals surface area contributed by atoms with Crippen molar-refractivity contribution in [2.24, 2.45) is 5.92 Å². The summed E-state index contributed by atoms with van der Waals surface area (Å²) in [5, 5.41) is 0. The van der Waals surface area contributed by atoms with Gasteiger partial charge in [0, 0.05) is 30.8 Å². The van der Waals surface area contributed by atoms with Crippen LogP contribution in [0.25, 0.3) is 0 Å². The van der Waals surface area contributed by atoms with Crippen molar-refractivity contribution >= 4 is 11.8 Å². The van der Waals surface area contributed by atoms with Gasteiger partial charge in [0.1, 0.15) is 0 Å². The first-order chi connectivity index (χ1) is 12.7. The highest BCUT2D eigenvalue weighted by Gasteiger charge is 2.39. The Labute approximate surface area is 154 Å². The molecule has 0 radical (unpaired) electrons. The lowest BCUT2D eigenvalue weighted by atomic mass is 9.83. The normalized spacial score (nSPS) is 22.6. The molecular formula is C22H24N2O2. The summed E-state index contributed by atoms with van der Waals surface area (Å²) < 4.78 is 0. The number of rotatable bonds is 2. The minimum Gasteiger partial charge on any atom is -0.337 e. The van der Waals surface area contributed by atoms with Crippen molar-refractivity contribution in [3.8, 4) is 0 Å². The third-order valence-corrected chi connectivity index (χ3v) is 5.69. The van der Waals surface area contributed by atoms with Gasteiger partial charge >= 0.3 is 0 Å². The zero-order valence-corrected chi connectivity index (χ0v) is 14.9. The number of hydrogen-bond acceptors (Lipinski definition) is 2. The van der Waals surface area contributed by atoms with E-state index in [-0.39, 0.29) is 17.9 Å². The van der Waals surface area contributed by atoms with E-state index in [1.54, 1.807) is 0 Å². The number of carbonyl (C=O) groups is 2. The lowest BCUT2D eigenvalue weighted by Crippen LogP contribution is -2.58. The topological polar surface area (TPSA) is 40.6 Å². The summed E-state index contributed by atoms with van der Waals surface area (Å²) in [6, 6.07) is 19.0. The molecule has 2 saturated heterocycles. The average molecular weight is 348 g/mol. The molecule has 0 saturated carbocycles. The summed E-state index contributed by atoms with van der Waals surface area (Å²) >= 11 is 0. The van der Waals surface area contributed by atoms with Crippen LogP contribution in [-0.4, -0.2) is 47.3 Å². The van der Waals surface area contributed by atoms with Crippen molar-refractivity contribution in [2.45, 2.75) is 25.3 Å². The second kappa shape index (κ2) is 7.32. The van der Waals surface area contributed by atoms with E-state index in [0.29, 0.717) is 12.5 Å². The first kappa shape index (κ1) is 16.8. The molecular weight excluding hydrogens is 324 g/mol. The monoisotopic (exact) mass is 348 g/mol. The maximum absolute atomic E-state index is 13.0. The molecule has 26 heavy (non-hydrogen) atoms. The fourth-order valence-corrected chi connectivity index (χ4v) is 4.31. The van der Waals surface area contributed by atoms with Crippen molar-refractivity contribution in [3.05, 3.63) is 71.8 Å². The molecule has 4 nitrogen and oxygen atoms in total. The maximum atomic E-state index is 13.0. The molecule has 2 aromatic carbocycles. The van der Waals surface area contributed by atoms with Crippen LogP contribution in [-0.2, 0) is 0 Å². The summed E-state index contributed by atoms with van der Waals surface area (Å²) in [6.45, 7) is 2.20. The molecule has 4 heteroatoms. The molecule has 2 aliphatic heterocycles. The molecule has 2 amide bonds. The van der Waals surface area contributed by atoms with Crippen LogP contribution in [0, 0.1) is 5.92 Å². The third kappa shape index (κ3) is 3.24. The van der Waals surface area contributed by atoms with E-state index in [2.05, 4.69) is 0 Å². The van der Waals surface area contributed by atoms with E-state index in [1.807, 2.05) is 70.5 Å². The Balaban J connectivity index is 1.54. The Kier molecular flexibility index (Phi) is 4.74. The molecule has 0 aliphatic carbocycles. The van der Waals surface area contributed by atoms with Crippen molar-refractivity contribution < 1.29 is 9.59 Å². The Morgan fingerprint density at radius 3 is 2.04 bits per heavy atom. The van der Waals surface area contributed by atoms with E-state index in [4.69, 9.17) is 0 Å². The number of amides is 2. The van der Waals surface area contributed by atoms with Gasteiger partial charge in [-0.15, -0.1) is 0 Å². The van der Waals surface area contributed by atoms with Crippen LogP contribution in [0.3, 0.4) is 0 Å². The van der Waals surface area contributed by atoms with Gasteiger partial charge in [-0.05, 0) is 49.4 Å². The van der Waals surface area contributed by atoms with Gasteiger partial charge < -0.3 is 9.80 Å². The number of fused-ring (bicyclic) bond motifs is 1. The summed E-state index contributed by atoms with van der Waals surface area (Å²) in [4.78, 5) is 29.8. The highest BCUT2D eigenvalue weighted by atomic mass is 16.2. The van der Waals surface area contributed by atoms with Gasteiger partial charge in [-0.2, -0.15) is 0 Å². The molecule has 2 aliphatic rings. The summed E-state index contributed by atoms with van der Waals surface area (Å²) in [7, 11) is 0. The number of benzene rings is 2. The van der Waals surface area contributed by atoms with Crippen molar-refractivity contribution in [3.63, 3.8) is 0 Å². The molecule has 0 N–H and O–H groups in total. The fourth-order valence-electron chi connectivity index (χ4n) is 4.31. The largest absolute Gasteiger partial charge is 0.337 e. The second-order valence-electron chi connectivity index (χ2n) is 7.24. The van der Waals surface area contributed by atoms with Gasteiger partial charge in [0.15, 0.2) is 0 Å². The fraction of sp³-hybridized carbons (Fsp3) is 0.364. The second-order valence-corrected chi connectivity index (χ2v) is 7.24. The Hall–Kier alpha value is -2.62. The van der Waals surface area contributed by atoms with Gasteiger partial charge in [-0.3, -0.25) is 9.59 Å². The number of carbonyl (C=O) groups excluding carboxylic acids is 2. The molecule has 2 unspecified atom stereocenters. The minimum atomic E-state index is 0.0710. The van der Waals surface area contributed by atoms with Crippen molar-refractivity contribution in [1.29, 1.82) is 0 Å². The van der Waals surface area contributed by atoms with Crippen LogP contribution < -0.4 is 0 Å². The number of piperidine rings is 2. The van der Waals surface area contributed by atoms with Gasteiger partial charge in [0.25, 0.3) is 11.8 Å². The summed E-state index contributed by atoms with van der Waals surface area (Å²) in [6.07, 6.45) is 3.17. The molecule has 2 atom stereocenters. The maximum Gasteiger partial charge on any atom is 0.254 e. The van der Waals surface area contributed by atoms with Crippen LogP contribution in [0.1, 0.15) is 40.0 Å². The van der Waals surface area contributed by atoms with Gasteiger partial charge in [0.2, 0.25) is 0 Å². The standard InChI is InChI=1S/C22H24N2O2/c25-21(18-8-3-1-4-9-18)23-15-13-17-12-7-14-24(20(17)16-23)22(26)19-10-5-2-6-11-19/h1-6,8-11,17,20H,7,12-16H2. The van der Waals surface area contributed by atoms with E-state index in [0.717, 1.165) is 43.5 Å². The quantitative estimate of drug-likeness (QED) is 0.834. The Bertz CT molecular complexity index is 775. The lowest BCUT2D eigenvalue weighted by Gasteiger charge is -2.47. The Morgan fingerprint density at radius 2 is 1.38 bits per heavy atom. The average Bonchev–Trinajstić information content (AvgIpc) is 2.73. The predicted octanol–water partition coefficient (Wildman–Crippen LogP) is 3.45. The van der Waals surface area contributed by atoms with Gasteiger partial charge in [0.05, 0.1) is 6.04 Å². The van der Waals surface area contributed by atoms with E-state index in [9.17, 15) is 9.59 Å². The molecule has 2 fully saturated rings. The van der Waals surface area contributed by atoms with E-state index >= 15 is 0 Å². The minimum absolute atomic E-state index is 0.0710. The lowest BCUT2D eigenvalue weighted by molar-refractivity contribution is 0.0176. The summed E-state index contributed by atoms with van der Waals surface area (Å²) in [5.74, 6) is 0.660. The molecule has 2 aromatic rings. The first-order valence-corrected chi connectivity index (χ1v) is 9.44. The highest BCUT2D eigenvalue weighted by Crippen LogP contribution is 2.32. The van der Waals surface area contributed by atoms with Crippen molar-refractivity contribution in [1.82, 2.24) is 9.80 Å². The van der Waals surface area contributed by atoms with Crippen LogP contribution in [0.2, 0.25) is 0 Å². The molecule has 0 bridgehead atoms.